The Morgan fingerprint density at radius 1 is 1.04 bits per heavy atom. The molecule has 1 amide bonds. The number of hydrogen-bond acceptors (Lipinski definition) is 6. The van der Waals surface area contributed by atoms with Gasteiger partial charge in [0.2, 0.25) is 0 Å². The van der Waals surface area contributed by atoms with Crippen LogP contribution in [-0.4, -0.2) is 32.2 Å². The van der Waals surface area contributed by atoms with E-state index < -0.39 is 18.0 Å². The van der Waals surface area contributed by atoms with Crippen LogP contribution in [0.15, 0.2) is 22.6 Å². The third kappa shape index (κ3) is 3.99. The number of esters is 1. The summed E-state index contributed by atoms with van der Waals surface area (Å²) in [6, 6.07) is 4.96. The van der Waals surface area contributed by atoms with E-state index in [1.807, 2.05) is 0 Å². The summed E-state index contributed by atoms with van der Waals surface area (Å²) >= 11 is 0. The monoisotopic (exact) mass is 361 g/mol. The van der Waals surface area contributed by atoms with Gasteiger partial charge in [-0.1, -0.05) is 0 Å². The molecule has 1 N–H and O–H groups in total. The largest absolute Gasteiger partial charge is 0.493 e. The molecule has 0 spiro atoms. The molecule has 0 aliphatic carbocycles. The summed E-state index contributed by atoms with van der Waals surface area (Å²) in [7, 11) is 3.03. The topological polar surface area (TPSA) is 87.0 Å². The summed E-state index contributed by atoms with van der Waals surface area (Å²) in [5, 5.41) is 2.68. The third-order valence-electron chi connectivity index (χ3n) is 4.07. The van der Waals surface area contributed by atoms with E-state index >= 15 is 0 Å². The standard InChI is InChI=1S/C19H23NO6/c1-10-11(2)25-12(3)17(10)19(22)26-13(4)18(21)20-14-7-8-15(23-5)16(9-14)24-6/h7-9,13H,1-6H3,(H,20,21)/t13-/m1/s1. The molecule has 0 fully saturated rings. The van der Waals surface area contributed by atoms with Crippen LogP contribution in [0.25, 0.3) is 0 Å². The van der Waals surface area contributed by atoms with Crippen molar-refractivity contribution in [3.05, 3.63) is 40.8 Å². The molecule has 0 bridgehead atoms. The van der Waals surface area contributed by atoms with Gasteiger partial charge in [0.25, 0.3) is 5.91 Å². The van der Waals surface area contributed by atoms with Crippen molar-refractivity contribution in [2.24, 2.45) is 0 Å². The van der Waals surface area contributed by atoms with Crippen LogP contribution in [0.1, 0.15) is 34.4 Å². The van der Waals surface area contributed by atoms with E-state index in [0.717, 1.165) is 0 Å². The van der Waals surface area contributed by atoms with Crippen LogP contribution in [0, 0.1) is 20.8 Å². The van der Waals surface area contributed by atoms with Crippen molar-refractivity contribution in [1.82, 2.24) is 0 Å². The maximum Gasteiger partial charge on any atom is 0.342 e. The second-order valence-electron chi connectivity index (χ2n) is 5.82. The van der Waals surface area contributed by atoms with E-state index in [9.17, 15) is 9.59 Å². The first-order chi connectivity index (χ1) is 12.3. The summed E-state index contributed by atoms with van der Waals surface area (Å²) in [6.07, 6.45) is -0.982. The molecule has 0 saturated heterocycles. The first kappa shape index (κ1) is 19.4. The fraction of sp³-hybridized carbons (Fsp3) is 0.368. The number of carbonyl (C=O) groups excluding carboxylic acids is 2. The predicted molar refractivity (Wildman–Crippen MR) is 96.0 cm³/mol. The number of aryl methyl sites for hydroxylation is 2. The van der Waals surface area contributed by atoms with Gasteiger partial charge in [-0.3, -0.25) is 4.79 Å². The van der Waals surface area contributed by atoms with E-state index in [1.165, 1.54) is 21.1 Å². The average molecular weight is 361 g/mol. The van der Waals surface area contributed by atoms with Crippen LogP contribution in [-0.2, 0) is 9.53 Å². The Morgan fingerprint density at radius 2 is 1.69 bits per heavy atom. The van der Waals surface area contributed by atoms with E-state index in [4.69, 9.17) is 18.6 Å². The lowest BCUT2D eigenvalue weighted by Gasteiger charge is -2.15. The van der Waals surface area contributed by atoms with Gasteiger partial charge >= 0.3 is 5.97 Å². The molecule has 26 heavy (non-hydrogen) atoms. The van der Waals surface area contributed by atoms with Gasteiger partial charge in [0.05, 0.1) is 14.2 Å². The highest BCUT2D eigenvalue weighted by atomic mass is 16.5. The zero-order chi connectivity index (χ0) is 19.4. The van der Waals surface area contributed by atoms with Crippen molar-refractivity contribution in [2.45, 2.75) is 33.8 Å². The normalized spacial score (nSPS) is 11.6. The molecule has 2 rings (SSSR count). The fourth-order valence-corrected chi connectivity index (χ4v) is 2.52. The minimum atomic E-state index is -0.982. The second-order valence-corrected chi connectivity index (χ2v) is 5.82. The highest BCUT2D eigenvalue weighted by Crippen LogP contribution is 2.30. The molecular formula is C19H23NO6. The minimum Gasteiger partial charge on any atom is -0.493 e. The molecule has 7 nitrogen and oxygen atoms in total. The zero-order valence-electron chi connectivity index (χ0n) is 15.8. The van der Waals surface area contributed by atoms with Gasteiger partial charge in [-0.05, 0) is 39.8 Å². The van der Waals surface area contributed by atoms with E-state index in [0.29, 0.717) is 39.8 Å². The Labute approximate surface area is 152 Å². The van der Waals surface area contributed by atoms with Crippen LogP contribution in [0.3, 0.4) is 0 Å². The number of ether oxygens (including phenoxy) is 3. The molecule has 0 unspecified atom stereocenters. The first-order valence-corrected chi connectivity index (χ1v) is 8.09. The van der Waals surface area contributed by atoms with Crippen LogP contribution in [0.2, 0.25) is 0 Å². The predicted octanol–water partition coefficient (Wildman–Crippen LogP) is 3.41. The molecule has 1 aromatic heterocycles. The number of carbonyl (C=O) groups is 2. The molecule has 2 aromatic rings. The summed E-state index contributed by atoms with van der Waals surface area (Å²) in [6.45, 7) is 6.74. The smallest absolute Gasteiger partial charge is 0.342 e. The number of benzene rings is 1. The Bertz CT molecular complexity index is 824. The number of hydrogen-bond donors (Lipinski definition) is 1. The number of amides is 1. The van der Waals surface area contributed by atoms with Gasteiger partial charge in [-0.15, -0.1) is 0 Å². The van der Waals surface area contributed by atoms with Crippen LogP contribution in [0.4, 0.5) is 5.69 Å². The number of methoxy groups -OCH3 is 2. The molecule has 1 aromatic carbocycles. The van der Waals surface area contributed by atoms with Crippen molar-refractivity contribution in [3.63, 3.8) is 0 Å². The first-order valence-electron chi connectivity index (χ1n) is 8.09. The summed E-state index contributed by atoms with van der Waals surface area (Å²) in [5.74, 6) is 1.10. The lowest BCUT2D eigenvalue weighted by molar-refractivity contribution is -0.123. The summed E-state index contributed by atoms with van der Waals surface area (Å²) in [4.78, 5) is 24.7. The number of nitrogens with one attached hydrogen (secondary N) is 1. The third-order valence-corrected chi connectivity index (χ3v) is 4.07. The maximum absolute atomic E-state index is 12.4. The lowest BCUT2D eigenvalue weighted by Crippen LogP contribution is -2.30. The highest BCUT2D eigenvalue weighted by molar-refractivity contribution is 5.98. The van der Waals surface area contributed by atoms with Gasteiger partial charge in [-0.25, -0.2) is 4.79 Å². The van der Waals surface area contributed by atoms with E-state index in [-0.39, 0.29) is 0 Å². The van der Waals surface area contributed by atoms with Crippen LogP contribution >= 0.6 is 0 Å². The van der Waals surface area contributed by atoms with Gasteiger partial charge in [0.1, 0.15) is 17.1 Å². The van der Waals surface area contributed by atoms with Gasteiger partial charge in [0, 0.05) is 17.3 Å². The van der Waals surface area contributed by atoms with Crippen molar-refractivity contribution in [3.8, 4) is 11.5 Å². The van der Waals surface area contributed by atoms with Crippen LogP contribution in [0.5, 0.6) is 11.5 Å². The Hall–Kier alpha value is -2.96. The second kappa shape index (κ2) is 7.95. The lowest BCUT2D eigenvalue weighted by atomic mass is 10.1. The van der Waals surface area contributed by atoms with E-state index in [1.54, 1.807) is 39.0 Å². The molecule has 0 radical (unpaired) electrons. The number of furan rings is 1. The molecule has 140 valence electrons. The van der Waals surface area contributed by atoms with Crippen molar-refractivity contribution in [1.29, 1.82) is 0 Å². The fourth-order valence-electron chi connectivity index (χ4n) is 2.52. The summed E-state index contributed by atoms with van der Waals surface area (Å²) in [5.41, 5.74) is 1.57. The van der Waals surface area contributed by atoms with E-state index in [2.05, 4.69) is 5.32 Å². The highest BCUT2D eigenvalue weighted by Gasteiger charge is 2.24. The SMILES string of the molecule is COc1ccc(NC(=O)[C@@H](C)OC(=O)c2c(C)oc(C)c2C)cc1OC. The quantitative estimate of drug-likeness (QED) is 0.794. The van der Waals surface area contributed by atoms with Crippen molar-refractivity contribution < 1.29 is 28.2 Å². The molecular weight excluding hydrogens is 338 g/mol. The van der Waals surface area contributed by atoms with Crippen molar-refractivity contribution >= 4 is 17.6 Å². The molecule has 0 aliphatic rings. The Kier molecular flexibility index (Phi) is 5.92. The van der Waals surface area contributed by atoms with Gasteiger partial charge in [-0.2, -0.15) is 0 Å². The molecule has 1 heterocycles. The molecule has 0 aliphatic heterocycles. The van der Waals surface area contributed by atoms with Gasteiger partial charge < -0.3 is 23.9 Å². The maximum atomic E-state index is 12.4. The zero-order valence-corrected chi connectivity index (χ0v) is 15.8. The molecule has 0 saturated carbocycles. The average Bonchev–Trinajstić information content (AvgIpc) is 2.86. The minimum absolute atomic E-state index is 0.355. The molecule has 1 atom stereocenters. The molecule has 7 heteroatoms. The van der Waals surface area contributed by atoms with Gasteiger partial charge in [0.15, 0.2) is 17.6 Å². The summed E-state index contributed by atoms with van der Waals surface area (Å²) < 4.78 is 21.1. The van der Waals surface area contributed by atoms with Crippen LogP contribution < -0.4 is 14.8 Å². The Balaban J connectivity index is 2.07. The van der Waals surface area contributed by atoms with Crippen molar-refractivity contribution in [2.75, 3.05) is 19.5 Å². The number of anilines is 1. The number of rotatable bonds is 6. The Morgan fingerprint density at radius 3 is 2.23 bits per heavy atom.